The zero-order chi connectivity index (χ0) is 28.2. The van der Waals surface area contributed by atoms with Crippen LogP contribution < -0.4 is 10.9 Å². The number of benzene rings is 2. The molecule has 39 heavy (non-hydrogen) atoms. The highest BCUT2D eigenvalue weighted by molar-refractivity contribution is 7.16. The van der Waals surface area contributed by atoms with Gasteiger partial charge in [-0.1, -0.05) is 29.8 Å². The predicted octanol–water partition coefficient (Wildman–Crippen LogP) is 5.48. The maximum absolute atomic E-state index is 13.1. The van der Waals surface area contributed by atoms with E-state index < -0.39 is 34.2 Å². The summed E-state index contributed by atoms with van der Waals surface area (Å²) in [6, 6.07) is 10.1. The molecule has 0 atom stereocenters. The Labute approximate surface area is 228 Å². The smallest absolute Gasteiger partial charge is 0.417 e. The quantitative estimate of drug-likeness (QED) is 0.254. The van der Waals surface area contributed by atoms with Gasteiger partial charge in [0.25, 0.3) is 11.5 Å². The zero-order valence-electron chi connectivity index (χ0n) is 20.4. The number of nitrogens with zero attached hydrogens (tertiary/aromatic N) is 1. The molecule has 0 aliphatic heterocycles. The molecule has 204 valence electrons. The number of rotatable bonds is 9. The van der Waals surface area contributed by atoms with Gasteiger partial charge in [0.1, 0.15) is 4.83 Å². The Morgan fingerprint density at radius 2 is 1.82 bits per heavy atom. The van der Waals surface area contributed by atoms with Gasteiger partial charge in [-0.2, -0.15) is 13.2 Å². The minimum atomic E-state index is -4.63. The third-order valence-electron chi connectivity index (χ3n) is 5.52. The van der Waals surface area contributed by atoms with Crippen LogP contribution in [0.15, 0.2) is 52.6 Å². The number of aromatic nitrogens is 2. The average Bonchev–Trinajstić information content (AvgIpc) is 3.31. The highest BCUT2D eigenvalue weighted by Gasteiger charge is 2.33. The van der Waals surface area contributed by atoms with Crippen LogP contribution in [-0.2, 0) is 35.4 Å². The Morgan fingerprint density at radius 1 is 1.10 bits per heavy atom. The SMILES string of the molecule is CCOC(=O)c1ccc(COCc2csc3nc(C(=O)NCc4ccc(Cl)c(C(F)(F)F)c4)[nH]c(=O)c23)cc1. The third-order valence-corrected chi connectivity index (χ3v) is 6.77. The van der Waals surface area contributed by atoms with Crippen LogP contribution in [0, 0.1) is 0 Å². The number of thiophene rings is 1. The van der Waals surface area contributed by atoms with Gasteiger partial charge in [0.15, 0.2) is 0 Å². The number of ether oxygens (including phenoxy) is 2. The molecule has 0 radical (unpaired) electrons. The lowest BCUT2D eigenvalue weighted by molar-refractivity contribution is -0.137. The number of esters is 1. The van der Waals surface area contributed by atoms with Gasteiger partial charge in [-0.3, -0.25) is 9.59 Å². The van der Waals surface area contributed by atoms with Crippen molar-refractivity contribution >= 4 is 45.0 Å². The van der Waals surface area contributed by atoms with E-state index in [1.54, 1.807) is 36.6 Å². The van der Waals surface area contributed by atoms with Crippen LogP contribution in [0.5, 0.6) is 0 Å². The van der Waals surface area contributed by atoms with Crippen molar-refractivity contribution in [2.45, 2.75) is 32.9 Å². The van der Waals surface area contributed by atoms with E-state index in [4.69, 9.17) is 21.1 Å². The fourth-order valence-electron chi connectivity index (χ4n) is 3.62. The fraction of sp³-hybridized carbons (Fsp3) is 0.231. The summed E-state index contributed by atoms with van der Waals surface area (Å²) in [5.41, 5.74) is 0.451. The lowest BCUT2D eigenvalue weighted by Crippen LogP contribution is -2.27. The summed E-state index contributed by atoms with van der Waals surface area (Å²) >= 11 is 6.78. The van der Waals surface area contributed by atoms with E-state index in [0.717, 1.165) is 29.0 Å². The van der Waals surface area contributed by atoms with E-state index in [1.165, 1.54) is 6.07 Å². The van der Waals surface area contributed by atoms with Crippen LogP contribution in [-0.4, -0.2) is 28.5 Å². The number of carbonyl (C=O) groups is 2. The molecule has 0 spiro atoms. The molecule has 2 N–H and O–H groups in total. The van der Waals surface area contributed by atoms with E-state index >= 15 is 0 Å². The van der Waals surface area contributed by atoms with Gasteiger partial charge in [-0.15, -0.1) is 11.3 Å². The summed E-state index contributed by atoms with van der Waals surface area (Å²) in [4.78, 5) is 44.0. The summed E-state index contributed by atoms with van der Waals surface area (Å²) in [6.07, 6.45) is -4.63. The number of fused-ring (bicyclic) bond motifs is 1. The number of nitrogens with one attached hydrogen (secondary N) is 2. The van der Waals surface area contributed by atoms with E-state index in [0.29, 0.717) is 16.0 Å². The van der Waals surface area contributed by atoms with Crippen molar-refractivity contribution in [1.29, 1.82) is 0 Å². The second-order valence-corrected chi connectivity index (χ2v) is 9.53. The van der Waals surface area contributed by atoms with Gasteiger partial charge in [-0.25, -0.2) is 9.78 Å². The molecule has 0 unspecified atom stereocenters. The number of aromatic amines is 1. The van der Waals surface area contributed by atoms with Gasteiger partial charge >= 0.3 is 12.1 Å². The summed E-state index contributed by atoms with van der Waals surface area (Å²) in [5, 5.41) is 3.98. The fourth-order valence-corrected chi connectivity index (χ4v) is 4.77. The average molecular weight is 580 g/mol. The van der Waals surface area contributed by atoms with Crippen molar-refractivity contribution in [2.75, 3.05) is 6.61 Å². The zero-order valence-corrected chi connectivity index (χ0v) is 21.9. The highest BCUT2D eigenvalue weighted by Crippen LogP contribution is 2.35. The molecule has 0 aliphatic carbocycles. The maximum atomic E-state index is 13.1. The molecule has 0 aliphatic rings. The standard InChI is InChI=1S/C26H21ClF3N3O5S/c1-2-38-25(36)16-6-3-14(4-7-16)11-37-12-17-13-39-24-20(17)22(34)32-21(33-24)23(35)31-10-15-5-8-19(27)18(9-15)26(28,29)30/h3-9,13H,2,10-12H2,1H3,(H,31,35)(H,32,33,34). The second kappa shape index (κ2) is 12.0. The van der Waals surface area contributed by atoms with Crippen LogP contribution in [0.4, 0.5) is 13.2 Å². The van der Waals surface area contributed by atoms with Gasteiger partial charge in [0.2, 0.25) is 5.82 Å². The Hall–Kier alpha value is -3.74. The predicted molar refractivity (Wildman–Crippen MR) is 139 cm³/mol. The van der Waals surface area contributed by atoms with E-state index in [-0.39, 0.29) is 43.1 Å². The van der Waals surface area contributed by atoms with E-state index in [9.17, 15) is 27.6 Å². The first-order valence-corrected chi connectivity index (χ1v) is 12.8. The molecule has 4 rings (SSSR count). The molecule has 2 aromatic heterocycles. The van der Waals surface area contributed by atoms with Gasteiger partial charge in [0.05, 0.1) is 41.4 Å². The summed E-state index contributed by atoms with van der Waals surface area (Å²) in [5.74, 6) is -1.43. The number of hydrogen-bond acceptors (Lipinski definition) is 7. The Balaban J connectivity index is 1.39. The minimum absolute atomic E-state index is 0.105. The van der Waals surface area contributed by atoms with Gasteiger partial charge in [0, 0.05) is 12.1 Å². The first-order valence-electron chi connectivity index (χ1n) is 11.5. The van der Waals surface area contributed by atoms with Crippen molar-refractivity contribution in [1.82, 2.24) is 15.3 Å². The summed E-state index contributed by atoms with van der Waals surface area (Å²) in [7, 11) is 0. The lowest BCUT2D eigenvalue weighted by atomic mass is 10.1. The molecule has 2 aromatic carbocycles. The van der Waals surface area contributed by atoms with E-state index in [1.807, 2.05) is 0 Å². The lowest BCUT2D eigenvalue weighted by Gasteiger charge is -2.11. The van der Waals surface area contributed by atoms with Crippen LogP contribution >= 0.6 is 22.9 Å². The van der Waals surface area contributed by atoms with Crippen molar-refractivity contribution in [3.63, 3.8) is 0 Å². The number of amides is 1. The molecule has 0 saturated carbocycles. The molecule has 2 heterocycles. The molecular formula is C26H21ClF3N3O5S. The first-order chi connectivity index (χ1) is 18.6. The molecule has 0 fully saturated rings. The normalized spacial score (nSPS) is 11.5. The number of alkyl halides is 3. The number of hydrogen-bond donors (Lipinski definition) is 2. The second-order valence-electron chi connectivity index (χ2n) is 8.26. The van der Waals surface area contributed by atoms with Gasteiger partial charge in [-0.05, 0) is 47.7 Å². The highest BCUT2D eigenvalue weighted by atomic mass is 35.5. The third kappa shape index (κ3) is 6.83. The Morgan fingerprint density at radius 3 is 2.51 bits per heavy atom. The number of H-pyrrole nitrogens is 1. The van der Waals surface area contributed by atoms with Crippen molar-refractivity contribution in [3.8, 4) is 0 Å². The molecule has 1 amide bonds. The Bertz CT molecular complexity index is 1570. The van der Waals surface area contributed by atoms with Crippen LogP contribution in [0.25, 0.3) is 10.2 Å². The van der Waals surface area contributed by atoms with Crippen LogP contribution in [0.1, 0.15) is 50.2 Å². The van der Waals surface area contributed by atoms with E-state index in [2.05, 4.69) is 15.3 Å². The summed E-state index contributed by atoms with van der Waals surface area (Å²) < 4.78 is 49.9. The van der Waals surface area contributed by atoms with Crippen molar-refractivity contribution < 1.29 is 32.2 Å². The maximum Gasteiger partial charge on any atom is 0.417 e. The number of carbonyl (C=O) groups excluding carboxylic acids is 2. The minimum Gasteiger partial charge on any atom is -0.462 e. The molecule has 13 heteroatoms. The summed E-state index contributed by atoms with van der Waals surface area (Å²) in [6.45, 7) is 2.12. The molecule has 0 saturated heterocycles. The Kier molecular flexibility index (Phi) is 8.68. The number of halogens is 4. The van der Waals surface area contributed by atoms with Crippen LogP contribution in [0.2, 0.25) is 5.02 Å². The van der Waals surface area contributed by atoms with Gasteiger partial charge < -0.3 is 19.8 Å². The van der Waals surface area contributed by atoms with Crippen molar-refractivity contribution in [3.05, 3.63) is 96.9 Å². The van der Waals surface area contributed by atoms with Crippen LogP contribution in [0.3, 0.4) is 0 Å². The topological polar surface area (TPSA) is 110 Å². The molecule has 8 nitrogen and oxygen atoms in total. The molecular weight excluding hydrogens is 559 g/mol. The molecule has 0 bridgehead atoms. The largest absolute Gasteiger partial charge is 0.462 e. The molecule has 4 aromatic rings. The van der Waals surface area contributed by atoms with Crippen molar-refractivity contribution in [2.24, 2.45) is 0 Å². The monoisotopic (exact) mass is 579 g/mol. The first kappa shape index (κ1) is 28.3.